The van der Waals surface area contributed by atoms with Crippen molar-refractivity contribution in [1.82, 2.24) is 10.2 Å². The fraction of sp³-hybridized carbons (Fsp3) is 0.562. The predicted octanol–water partition coefficient (Wildman–Crippen LogP) is 2.40. The Labute approximate surface area is 116 Å². The van der Waals surface area contributed by atoms with E-state index in [0.717, 1.165) is 32.5 Å². The van der Waals surface area contributed by atoms with E-state index in [0.29, 0.717) is 11.9 Å². The van der Waals surface area contributed by atoms with Crippen molar-refractivity contribution in [3.8, 4) is 0 Å². The summed E-state index contributed by atoms with van der Waals surface area (Å²) < 4.78 is 0. The fourth-order valence-corrected chi connectivity index (χ4v) is 2.50. The SMILES string of the molecule is Cc1ccc(CNC(C)CN2CCCC2=O)cc1C. The first-order chi connectivity index (χ1) is 9.06. The first kappa shape index (κ1) is 14.1. The third-order valence-corrected chi connectivity index (χ3v) is 3.89. The molecule has 1 unspecified atom stereocenters. The molecule has 1 aromatic rings. The van der Waals surface area contributed by atoms with E-state index in [1.165, 1.54) is 16.7 Å². The smallest absolute Gasteiger partial charge is 0.222 e. The predicted molar refractivity (Wildman–Crippen MR) is 78.0 cm³/mol. The maximum Gasteiger partial charge on any atom is 0.222 e. The van der Waals surface area contributed by atoms with Crippen molar-refractivity contribution in [1.29, 1.82) is 0 Å². The second-order valence-corrected chi connectivity index (χ2v) is 5.64. The molecule has 3 nitrogen and oxygen atoms in total. The van der Waals surface area contributed by atoms with Crippen LogP contribution in [0.3, 0.4) is 0 Å². The van der Waals surface area contributed by atoms with Crippen LogP contribution in [0.15, 0.2) is 18.2 Å². The minimum atomic E-state index is 0.305. The fourth-order valence-electron chi connectivity index (χ4n) is 2.50. The van der Waals surface area contributed by atoms with E-state index >= 15 is 0 Å². The molecule has 0 bridgehead atoms. The number of hydrogen-bond acceptors (Lipinski definition) is 2. The van der Waals surface area contributed by atoms with Gasteiger partial charge >= 0.3 is 0 Å². The summed E-state index contributed by atoms with van der Waals surface area (Å²) in [6, 6.07) is 6.91. The molecule has 0 aromatic heterocycles. The summed E-state index contributed by atoms with van der Waals surface area (Å²) in [5.41, 5.74) is 3.98. The average molecular weight is 260 g/mol. The maximum absolute atomic E-state index is 11.6. The molecular formula is C16H24N2O. The summed E-state index contributed by atoms with van der Waals surface area (Å²) in [7, 11) is 0. The molecule has 1 aliphatic rings. The normalized spacial score (nSPS) is 17.0. The average Bonchev–Trinajstić information content (AvgIpc) is 2.77. The Morgan fingerprint density at radius 1 is 1.32 bits per heavy atom. The van der Waals surface area contributed by atoms with Gasteiger partial charge in [-0.1, -0.05) is 18.2 Å². The number of nitrogens with zero attached hydrogens (tertiary/aromatic N) is 1. The molecule has 0 saturated carbocycles. The van der Waals surface area contributed by atoms with E-state index in [2.05, 4.69) is 44.3 Å². The van der Waals surface area contributed by atoms with E-state index in [1.54, 1.807) is 0 Å². The molecule has 19 heavy (non-hydrogen) atoms. The van der Waals surface area contributed by atoms with Crippen LogP contribution in [-0.4, -0.2) is 29.9 Å². The van der Waals surface area contributed by atoms with E-state index < -0.39 is 0 Å². The Kier molecular flexibility index (Phi) is 4.59. The second-order valence-electron chi connectivity index (χ2n) is 5.64. The van der Waals surface area contributed by atoms with E-state index in [9.17, 15) is 4.79 Å². The number of hydrogen-bond donors (Lipinski definition) is 1. The maximum atomic E-state index is 11.6. The van der Waals surface area contributed by atoms with Gasteiger partial charge < -0.3 is 10.2 Å². The molecule has 0 radical (unpaired) electrons. The number of rotatable bonds is 5. The molecule has 1 heterocycles. The number of carbonyl (C=O) groups excluding carboxylic acids is 1. The number of amides is 1. The summed E-state index contributed by atoms with van der Waals surface area (Å²) in [6.45, 7) is 9.04. The largest absolute Gasteiger partial charge is 0.341 e. The van der Waals surface area contributed by atoms with E-state index in [1.807, 2.05) is 4.90 Å². The Bertz CT molecular complexity index is 456. The van der Waals surface area contributed by atoms with Gasteiger partial charge in [-0.25, -0.2) is 0 Å². The summed E-state index contributed by atoms with van der Waals surface area (Å²) in [5.74, 6) is 0.305. The Hall–Kier alpha value is -1.35. The highest BCUT2D eigenvalue weighted by atomic mass is 16.2. The quantitative estimate of drug-likeness (QED) is 0.881. The highest BCUT2D eigenvalue weighted by Gasteiger charge is 2.21. The molecule has 1 atom stereocenters. The Balaban J connectivity index is 1.81. The zero-order chi connectivity index (χ0) is 13.8. The van der Waals surface area contributed by atoms with Gasteiger partial charge in [-0.05, 0) is 43.9 Å². The number of nitrogens with one attached hydrogen (secondary N) is 1. The molecule has 1 N–H and O–H groups in total. The van der Waals surface area contributed by atoms with Gasteiger partial charge in [0.25, 0.3) is 0 Å². The zero-order valence-electron chi connectivity index (χ0n) is 12.2. The molecule has 1 amide bonds. The summed E-state index contributed by atoms with van der Waals surface area (Å²) in [6.07, 6.45) is 1.74. The van der Waals surface area contributed by atoms with Gasteiger partial charge in [0.15, 0.2) is 0 Å². The lowest BCUT2D eigenvalue weighted by molar-refractivity contribution is -0.127. The molecule has 1 aromatic carbocycles. The Morgan fingerprint density at radius 3 is 2.74 bits per heavy atom. The van der Waals surface area contributed by atoms with Crippen LogP contribution in [0.1, 0.15) is 36.5 Å². The third-order valence-electron chi connectivity index (χ3n) is 3.89. The highest BCUT2D eigenvalue weighted by molar-refractivity contribution is 5.78. The van der Waals surface area contributed by atoms with Gasteiger partial charge in [0.05, 0.1) is 0 Å². The van der Waals surface area contributed by atoms with Crippen molar-refractivity contribution in [3.05, 3.63) is 34.9 Å². The van der Waals surface area contributed by atoms with Crippen LogP contribution in [0, 0.1) is 13.8 Å². The van der Waals surface area contributed by atoms with Crippen molar-refractivity contribution in [2.75, 3.05) is 13.1 Å². The van der Waals surface area contributed by atoms with Crippen molar-refractivity contribution in [3.63, 3.8) is 0 Å². The van der Waals surface area contributed by atoms with Crippen molar-refractivity contribution < 1.29 is 4.79 Å². The minimum Gasteiger partial charge on any atom is -0.341 e. The third kappa shape index (κ3) is 3.80. The van der Waals surface area contributed by atoms with Crippen molar-refractivity contribution in [2.45, 2.75) is 46.2 Å². The molecule has 104 valence electrons. The van der Waals surface area contributed by atoms with Crippen LogP contribution in [0.25, 0.3) is 0 Å². The second kappa shape index (κ2) is 6.20. The van der Waals surface area contributed by atoms with E-state index in [-0.39, 0.29) is 0 Å². The van der Waals surface area contributed by atoms with Gasteiger partial charge in [0.1, 0.15) is 0 Å². The van der Waals surface area contributed by atoms with Gasteiger partial charge in [-0.2, -0.15) is 0 Å². The monoisotopic (exact) mass is 260 g/mol. The van der Waals surface area contributed by atoms with Crippen molar-refractivity contribution >= 4 is 5.91 Å². The zero-order valence-corrected chi connectivity index (χ0v) is 12.2. The number of aryl methyl sites for hydroxylation is 2. The van der Waals surface area contributed by atoms with Gasteiger partial charge in [-0.3, -0.25) is 4.79 Å². The number of likely N-dealkylation sites (tertiary alicyclic amines) is 1. The molecule has 1 aliphatic heterocycles. The van der Waals surface area contributed by atoms with Crippen LogP contribution in [-0.2, 0) is 11.3 Å². The molecule has 2 rings (SSSR count). The molecule has 0 spiro atoms. The summed E-state index contributed by atoms with van der Waals surface area (Å²) in [5, 5.41) is 3.50. The molecule has 3 heteroatoms. The molecular weight excluding hydrogens is 236 g/mol. The van der Waals surface area contributed by atoms with Crippen LogP contribution < -0.4 is 5.32 Å². The van der Waals surface area contributed by atoms with Gasteiger partial charge in [0.2, 0.25) is 5.91 Å². The summed E-state index contributed by atoms with van der Waals surface area (Å²) >= 11 is 0. The number of carbonyl (C=O) groups is 1. The molecule has 1 saturated heterocycles. The summed E-state index contributed by atoms with van der Waals surface area (Å²) in [4.78, 5) is 13.5. The van der Waals surface area contributed by atoms with Crippen LogP contribution >= 0.6 is 0 Å². The lowest BCUT2D eigenvalue weighted by atomic mass is 10.1. The lowest BCUT2D eigenvalue weighted by Crippen LogP contribution is -2.39. The van der Waals surface area contributed by atoms with Crippen LogP contribution in [0.2, 0.25) is 0 Å². The number of benzene rings is 1. The Morgan fingerprint density at radius 2 is 2.11 bits per heavy atom. The first-order valence-electron chi connectivity index (χ1n) is 7.13. The van der Waals surface area contributed by atoms with Crippen LogP contribution in [0.4, 0.5) is 0 Å². The van der Waals surface area contributed by atoms with Gasteiger partial charge in [-0.15, -0.1) is 0 Å². The lowest BCUT2D eigenvalue weighted by Gasteiger charge is -2.22. The minimum absolute atomic E-state index is 0.305. The van der Waals surface area contributed by atoms with Gasteiger partial charge in [0, 0.05) is 32.1 Å². The van der Waals surface area contributed by atoms with Crippen molar-refractivity contribution in [2.24, 2.45) is 0 Å². The van der Waals surface area contributed by atoms with Crippen LogP contribution in [0.5, 0.6) is 0 Å². The standard InChI is InChI=1S/C16H24N2O/c1-12-6-7-15(9-13(12)2)10-17-14(3)11-18-8-4-5-16(18)19/h6-7,9,14,17H,4-5,8,10-11H2,1-3H3. The topological polar surface area (TPSA) is 32.3 Å². The highest BCUT2D eigenvalue weighted by Crippen LogP contribution is 2.11. The molecule has 1 fully saturated rings. The first-order valence-corrected chi connectivity index (χ1v) is 7.13. The molecule has 0 aliphatic carbocycles. The van der Waals surface area contributed by atoms with E-state index in [4.69, 9.17) is 0 Å².